The first-order valence-electron chi connectivity index (χ1n) is 6.29. The average molecular weight is 985 g/mol. The van der Waals surface area contributed by atoms with Crippen LogP contribution in [-0.4, -0.2) is 158 Å². The first kappa shape index (κ1) is 81.7. The maximum absolute atomic E-state index is 8.74. The van der Waals surface area contributed by atoms with Crippen LogP contribution in [0, 0.1) is 0 Å². The molecule has 0 aliphatic rings. The van der Waals surface area contributed by atoms with Gasteiger partial charge in [0.1, 0.15) is 0 Å². The van der Waals surface area contributed by atoms with E-state index in [0.29, 0.717) is 0 Å². The first-order valence-corrected chi connectivity index (χ1v) is 18.9. The molecule has 0 fully saturated rings. The van der Waals surface area contributed by atoms with Crippen molar-refractivity contribution in [2.24, 2.45) is 0 Å². The molecule has 0 heterocycles. The van der Waals surface area contributed by atoms with Crippen molar-refractivity contribution in [2.45, 2.75) is 0 Å². The Morgan fingerprint density at radius 1 is 0.146 bits per heavy atom. The molecule has 0 amide bonds. The summed E-state index contributed by atoms with van der Waals surface area (Å²) < 4.78 is 284. The maximum atomic E-state index is 8.74. The quantitative estimate of drug-likeness (QED) is 0.101. The fourth-order valence-electron chi connectivity index (χ4n) is 0. The number of rotatable bonds is 0. The van der Waals surface area contributed by atoms with Crippen molar-refractivity contribution in [3.05, 3.63) is 0 Å². The van der Waals surface area contributed by atoms with Crippen molar-refractivity contribution in [1.82, 2.24) is 0 Å². The molecule has 0 radical (unpaired) electrons. The third kappa shape index (κ3) is 6420000. The standard InChI is InChI=1S/9H2O4S.3H2S/c9*1-5(2,3)4;;;/h9*(H2,1,2,3,4);3*1H2. The first-order chi connectivity index (χ1) is 18.0. The van der Waals surface area contributed by atoms with E-state index in [0.717, 1.165) is 0 Å². The average Bonchev–Trinajstić information content (AvgIpc) is 2.26. The topological polar surface area (TPSA) is 671 Å². The monoisotopic (exact) mass is 984 g/mol. The molecule has 0 aliphatic heterocycles. The highest BCUT2D eigenvalue weighted by atomic mass is 32.3. The lowest BCUT2D eigenvalue weighted by molar-refractivity contribution is 0.378. The molecule has 0 aromatic carbocycles. The van der Waals surface area contributed by atoms with Gasteiger partial charge in [-0.25, -0.2) is 0 Å². The van der Waals surface area contributed by atoms with E-state index in [1.807, 2.05) is 0 Å². The second-order valence-corrected chi connectivity index (χ2v) is 12.1. The Balaban J connectivity index is -0.0000000301. The van der Waals surface area contributed by atoms with Gasteiger partial charge in [-0.05, 0) is 0 Å². The van der Waals surface area contributed by atoms with Gasteiger partial charge in [-0.3, -0.25) is 81.9 Å². The third-order valence-electron chi connectivity index (χ3n) is 0. The fraction of sp³-hybridized carbons (Fsp3) is 0. The van der Waals surface area contributed by atoms with Crippen molar-refractivity contribution in [3.63, 3.8) is 0 Å². The largest absolute Gasteiger partial charge is 0.394 e. The van der Waals surface area contributed by atoms with Crippen molar-refractivity contribution in [1.29, 1.82) is 0 Å². The molecule has 0 unspecified atom stereocenters. The van der Waals surface area contributed by atoms with Gasteiger partial charge in [0, 0.05) is 0 Å². The summed E-state index contributed by atoms with van der Waals surface area (Å²) in [7, 11) is -42.0. The minimum atomic E-state index is -4.67. The van der Waals surface area contributed by atoms with Gasteiger partial charge in [-0.1, -0.05) is 0 Å². The van der Waals surface area contributed by atoms with Gasteiger partial charge >= 0.3 is 93.6 Å². The minimum Gasteiger partial charge on any atom is -0.264 e. The molecule has 18 N–H and O–H groups in total. The number of hydrogen-bond acceptors (Lipinski definition) is 18. The molecule has 0 saturated carbocycles. The zero-order chi connectivity index (χ0) is 40.5. The molecule has 0 bridgehead atoms. The lowest BCUT2D eigenvalue weighted by Crippen LogP contribution is -1.89. The SMILES string of the molecule is O=S(=O)(O)O.O=S(=O)(O)O.O=S(=O)(O)O.O=S(=O)(O)O.O=S(=O)(O)O.O=S(=O)(O)O.O=S(=O)(O)O.O=S(=O)(O)O.O=S(=O)(O)O.S.S.S. The van der Waals surface area contributed by atoms with E-state index in [2.05, 4.69) is 0 Å². The smallest absolute Gasteiger partial charge is 0.264 e. The Labute approximate surface area is 290 Å². The van der Waals surface area contributed by atoms with Crippen LogP contribution in [0.4, 0.5) is 0 Å². The maximum Gasteiger partial charge on any atom is 0.394 e. The molecule has 0 aliphatic carbocycles. The summed E-state index contributed by atoms with van der Waals surface area (Å²) in [5.41, 5.74) is 0. The Kier molecular flexibility index (Phi) is 57.9. The molecule has 48 heteroatoms. The second-order valence-electron chi connectivity index (χ2n) is 4.03. The second kappa shape index (κ2) is 34.0. The summed E-state index contributed by atoms with van der Waals surface area (Å²) in [6.07, 6.45) is 0. The predicted molar refractivity (Wildman–Crippen MR) is 159 cm³/mol. The summed E-state index contributed by atoms with van der Waals surface area (Å²) in [5, 5.41) is 0. The summed E-state index contributed by atoms with van der Waals surface area (Å²) in [5.74, 6) is 0. The summed E-state index contributed by atoms with van der Waals surface area (Å²) >= 11 is 0. The molecule has 36 nitrogen and oxygen atoms in total. The lowest BCUT2D eigenvalue weighted by Gasteiger charge is -1.68. The van der Waals surface area contributed by atoms with Gasteiger partial charge in [-0.15, -0.1) is 0 Å². The van der Waals surface area contributed by atoms with E-state index < -0.39 is 93.6 Å². The predicted octanol–water partition coefficient (Wildman–Crippen LogP) is -5.54. The van der Waals surface area contributed by atoms with Crippen molar-refractivity contribution in [3.8, 4) is 0 Å². The molecule has 0 saturated heterocycles. The molecule has 0 aromatic rings. The van der Waals surface area contributed by atoms with E-state index in [9.17, 15) is 0 Å². The number of hydrogen-bond donors (Lipinski definition) is 18. The summed E-state index contributed by atoms with van der Waals surface area (Å²) in [6.45, 7) is 0. The van der Waals surface area contributed by atoms with E-state index in [1.165, 1.54) is 0 Å². The zero-order valence-electron chi connectivity index (χ0n) is 20.6. The highest BCUT2D eigenvalue weighted by Gasteiger charge is 1.88. The molecule has 48 heavy (non-hydrogen) atoms. The van der Waals surface area contributed by atoms with Gasteiger partial charge in [0.15, 0.2) is 0 Å². The van der Waals surface area contributed by atoms with Crippen LogP contribution >= 0.6 is 40.5 Å². The van der Waals surface area contributed by atoms with Crippen LogP contribution in [0.25, 0.3) is 0 Å². The van der Waals surface area contributed by atoms with Gasteiger partial charge in [0.2, 0.25) is 0 Å². The Hall–Kier alpha value is -0.120. The zero-order valence-corrected chi connectivity index (χ0v) is 30.9. The normalized spacial score (nSPS) is 10.9. The van der Waals surface area contributed by atoms with E-state index in [-0.39, 0.29) is 40.5 Å². The van der Waals surface area contributed by atoms with Crippen LogP contribution in [0.3, 0.4) is 0 Å². The highest BCUT2D eigenvalue weighted by Crippen LogP contribution is 1.62. The van der Waals surface area contributed by atoms with Crippen molar-refractivity contribution >= 4 is 134 Å². The van der Waals surface area contributed by atoms with Gasteiger partial charge in [0.25, 0.3) is 0 Å². The minimum absolute atomic E-state index is 0. The molecule has 0 rings (SSSR count). The van der Waals surface area contributed by atoms with E-state index in [1.54, 1.807) is 0 Å². The molecule has 0 aromatic heterocycles. The highest BCUT2D eigenvalue weighted by molar-refractivity contribution is 7.81. The van der Waals surface area contributed by atoms with E-state index in [4.69, 9.17) is 158 Å². The Morgan fingerprint density at radius 3 is 0.146 bits per heavy atom. The van der Waals surface area contributed by atoms with Crippen LogP contribution < -0.4 is 0 Å². The van der Waals surface area contributed by atoms with Crippen LogP contribution in [-0.2, 0) is 93.6 Å². The Bertz CT molecular complexity index is 1220. The molecule has 312 valence electrons. The summed E-state index contributed by atoms with van der Waals surface area (Å²) in [4.78, 5) is 0. The van der Waals surface area contributed by atoms with E-state index >= 15 is 0 Å². The third-order valence-corrected chi connectivity index (χ3v) is 0. The van der Waals surface area contributed by atoms with Gasteiger partial charge < -0.3 is 0 Å². The van der Waals surface area contributed by atoms with Crippen LogP contribution in [0.5, 0.6) is 0 Å². The Morgan fingerprint density at radius 2 is 0.146 bits per heavy atom. The van der Waals surface area contributed by atoms with Crippen LogP contribution in [0.1, 0.15) is 0 Å². The molecule has 0 spiro atoms. The fourth-order valence-corrected chi connectivity index (χ4v) is 0. The molecule has 0 atom stereocenters. The summed E-state index contributed by atoms with van der Waals surface area (Å²) in [6, 6.07) is 0. The van der Waals surface area contributed by atoms with Crippen LogP contribution in [0.2, 0.25) is 0 Å². The van der Waals surface area contributed by atoms with Gasteiger partial charge in [0.05, 0.1) is 0 Å². The molecular formula is H24O36S12. The molecular weight excluding hydrogens is 961 g/mol. The van der Waals surface area contributed by atoms with Crippen molar-refractivity contribution < 1.29 is 158 Å². The van der Waals surface area contributed by atoms with Crippen LogP contribution in [0.15, 0.2) is 0 Å². The lowest BCUT2D eigenvalue weighted by atomic mass is 15.8. The van der Waals surface area contributed by atoms with Crippen molar-refractivity contribution in [2.75, 3.05) is 0 Å². The van der Waals surface area contributed by atoms with Gasteiger partial charge in [-0.2, -0.15) is 116 Å².